The normalized spacial score (nSPS) is 18.5. The van der Waals surface area contributed by atoms with E-state index < -0.39 is 0 Å². The first-order valence-electron chi connectivity index (χ1n) is 8.40. The molecule has 0 aromatic heterocycles. The van der Waals surface area contributed by atoms with E-state index in [-0.39, 0.29) is 0 Å². The van der Waals surface area contributed by atoms with E-state index in [0.717, 1.165) is 13.2 Å². The summed E-state index contributed by atoms with van der Waals surface area (Å²) in [6.07, 6.45) is 5.08. The van der Waals surface area contributed by atoms with Crippen LogP contribution >= 0.6 is 0 Å². The van der Waals surface area contributed by atoms with Gasteiger partial charge in [0.05, 0.1) is 0 Å². The number of benzene rings is 1. The Balaban J connectivity index is 0.000000461. The summed E-state index contributed by atoms with van der Waals surface area (Å²) < 4.78 is 5.54. The number of hydrogen-bond donors (Lipinski definition) is 0. The largest absolute Gasteiger partial charge is 0.381 e. The summed E-state index contributed by atoms with van der Waals surface area (Å²) >= 11 is 0. The van der Waals surface area contributed by atoms with Gasteiger partial charge in [0.25, 0.3) is 0 Å². The molecule has 1 saturated heterocycles. The number of hydrogen-bond acceptors (Lipinski definition) is 1. The highest BCUT2D eigenvalue weighted by Crippen LogP contribution is 2.48. The molecule has 0 amide bonds. The minimum Gasteiger partial charge on any atom is -0.381 e. The molecule has 1 nitrogen and oxygen atoms in total. The Morgan fingerprint density at radius 2 is 1.40 bits per heavy atom. The van der Waals surface area contributed by atoms with E-state index in [4.69, 9.17) is 4.74 Å². The number of aryl methyl sites for hydroxylation is 2. The van der Waals surface area contributed by atoms with Crippen molar-refractivity contribution in [2.75, 3.05) is 13.2 Å². The zero-order chi connectivity index (χ0) is 15.2. The maximum Gasteiger partial charge on any atom is 0.0474 e. The van der Waals surface area contributed by atoms with Crippen LogP contribution in [0.3, 0.4) is 0 Å². The van der Waals surface area contributed by atoms with Crippen molar-refractivity contribution in [3.8, 4) is 0 Å². The van der Waals surface area contributed by atoms with Crippen LogP contribution in [0.2, 0.25) is 0 Å². The first-order valence-corrected chi connectivity index (χ1v) is 8.40. The predicted octanol–water partition coefficient (Wildman–Crippen LogP) is 5.35. The summed E-state index contributed by atoms with van der Waals surface area (Å²) in [5.74, 6) is 0. The molecule has 0 unspecified atom stereocenters. The van der Waals surface area contributed by atoms with Crippen LogP contribution in [-0.4, -0.2) is 13.2 Å². The molecule has 2 aliphatic rings. The highest BCUT2D eigenvalue weighted by Gasteiger charge is 2.41. The fourth-order valence-corrected chi connectivity index (χ4v) is 3.68. The average molecular weight is 276 g/mol. The molecule has 0 radical (unpaired) electrons. The number of ether oxygens (including phenoxy) is 1. The standard InChI is InChI=1S/C15H20O.2C2H6/c1-11-3-4-12(2)14-13(11)5-6-15(14)7-9-16-10-8-15;2*1-2/h3-4H,5-10H2,1-2H3;2*1-2H3. The summed E-state index contributed by atoms with van der Waals surface area (Å²) in [5.41, 5.74) is 6.77. The van der Waals surface area contributed by atoms with Gasteiger partial charge in [0.15, 0.2) is 0 Å². The molecule has 1 aliphatic heterocycles. The van der Waals surface area contributed by atoms with Gasteiger partial charge in [-0.2, -0.15) is 0 Å². The van der Waals surface area contributed by atoms with Crippen LogP contribution in [0.1, 0.15) is 69.2 Å². The monoisotopic (exact) mass is 276 g/mol. The van der Waals surface area contributed by atoms with Crippen molar-refractivity contribution in [2.45, 2.75) is 72.6 Å². The first-order chi connectivity index (χ1) is 9.73. The lowest BCUT2D eigenvalue weighted by Gasteiger charge is -2.35. The summed E-state index contributed by atoms with van der Waals surface area (Å²) in [6, 6.07) is 4.59. The lowest BCUT2D eigenvalue weighted by Crippen LogP contribution is -2.32. The lowest BCUT2D eigenvalue weighted by atomic mass is 9.73. The molecule has 1 fully saturated rings. The summed E-state index contributed by atoms with van der Waals surface area (Å²) in [6.45, 7) is 14.4. The molecule has 3 rings (SSSR count). The quantitative estimate of drug-likeness (QED) is 0.620. The molecule has 0 N–H and O–H groups in total. The van der Waals surface area contributed by atoms with Gasteiger partial charge in [-0.1, -0.05) is 39.8 Å². The molecule has 1 heteroatoms. The van der Waals surface area contributed by atoms with Crippen LogP contribution in [0.15, 0.2) is 12.1 Å². The first kappa shape index (κ1) is 17.2. The molecule has 1 spiro atoms. The Bertz CT molecular complexity index is 414. The van der Waals surface area contributed by atoms with Crippen LogP contribution in [0.4, 0.5) is 0 Å². The Hall–Kier alpha value is -0.820. The number of rotatable bonds is 0. The maximum absolute atomic E-state index is 5.54. The smallest absolute Gasteiger partial charge is 0.0474 e. The van der Waals surface area contributed by atoms with Crippen molar-refractivity contribution in [1.82, 2.24) is 0 Å². The van der Waals surface area contributed by atoms with Crippen molar-refractivity contribution in [3.63, 3.8) is 0 Å². The molecular weight excluding hydrogens is 244 g/mol. The van der Waals surface area contributed by atoms with Gasteiger partial charge >= 0.3 is 0 Å². The van der Waals surface area contributed by atoms with Gasteiger partial charge in [0.2, 0.25) is 0 Å². The van der Waals surface area contributed by atoms with E-state index in [1.165, 1.54) is 36.8 Å². The van der Waals surface area contributed by atoms with E-state index in [9.17, 15) is 0 Å². The molecule has 0 atom stereocenters. The molecular formula is C19H32O. The Labute approximate surface area is 125 Å². The van der Waals surface area contributed by atoms with Crippen molar-refractivity contribution >= 4 is 0 Å². The Kier molecular flexibility index (Phi) is 6.75. The van der Waals surface area contributed by atoms with Crippen LogP contribution in [-0.2, 0) is 16.6 Å². The molecule has 1 aromatic rings. The third-order valence-electron chi connectivity index (χ3n) is 4.59. The molecule has 1 aliphatic carbocycles. The molecule has 1 heterocycles. The second kappa shape index (κ2) is 7.83. The Morgan fingerprint density at radius 1 is 0.850 bits per heavy atom. The van der Waals surface area contributed by atoms with Gasteiger partial charge in [0, 0.05) is 18.6 Å². The van der Waals surface area contributed by atoms with Crippen LogP contribution in [0.5, 0.6) is 0 Å². The topological polar surface area (TPSA) is 9.23 Å². The third-order valence-corrected chi connectivity index (χ3v) is 4.59. The van der Waals surface area contributed by atoms with Crippen molar-refractivity contribution < 1.29 is 4.74 Å². The fraction of sp³-hybridized carbons (Fsp3) is 0.684. The van der Waals surface area contributed by atoms with E-state index >= 15 is 0 Å². The molecule has 1 aromatic carbocycles. The summed E-state index contributed by atoms with van der Waals surface area (Å²) in [5, 5.41) is 0. The van der Waals surface area contributed by atoms with Crippen molar-refractivity contribution in [3.05, 3.63) is 34.4 Å². The predicted molar refractivity (Wildman–Crippen MR) is 88.7 cm³/mol. The summed E-state index contributed by atoms with van der Waals surface area (Å²) in [4.78, 5) is 0. The third kappa shape index (κ3) is 3.09. The second-order valence-electron chi connectivity index (χ2n) is 5.45. The SMILES string of the molecule is CC.CC.Cc1ccc(C)c2c1CCC21CCOCC1. The molecule has 20 heavy (non-hydrogen) atoms. The zero-order valence-corrected chi connectivity index (χ0v) is 14.3. The minimum absolute atomic E-state index is 0.462. The van der Waals surface area contributed by atoms with Gasteiger partial charge in [0.1, 0.15) is 0 Å². The fourth-order valence-electron chi connectivity index (χ4n) is 3.68. The number of fused-ring (bicyclic) bond motifs is 2. The van der Waals surface area contributed by atoms with Crippen molar-refractivity contribution in [2.24, 2.45) is 0 Å². The molecule has 114 valence electrons. The average Bonchev–Trinajstić information content (AvgIpc) is 2.88. The van der Waals surface area contributed by atoms with E-state index in [0.29, 0.717) is 5.41 Å². The van der Waals surface area contributed by atoms with Crippen LogP contribution in [0, 0.1) is 13.8 Å². The van der Waals surface area contributed by atoms with Gasteiger partial charge in [-0.15, -0.1) is 0 Å². The minimum atomic E-state index is 0.462. The van der Waals surface area contributed by atoms with E-state index in [1.807, 2.05) is 27.7 Å². The second-order valence-corrected chi connectivity index (χ2v) is 5.45. The molecule has 0 bridgehead atoms. The highest BCUT2D eigenvalue weighted by molar-refractivity contribution is 5.48. The van der Waals surface area contributed by atoms with Gasteiger partial charge in [-0.05, 0) is 61.8 Å². The van der Waals surface area contributed by atoms with E-state index in [2.05, 4.69) is 26.0 Å². The zero-order valence-electron chi connectivity index (χ0n) is 14.3. The van der Waals surface area contributed by atoms with Crippen LogP contribution < -0.4 is 0 Å². The van der Waals surface area contributed by atoms with Gasteiger partial charge in [-0.3, -0.25) is 0 Å². The summed E-state index contributed by atoms with van der Waals surface area (Å²) in [7, 11) is 0. The lowest BCUT2D eigenvalue weighted by molar-refractivity contribution is 0.0504. The van der Waals surface area contributed by atoms with E-state index in [1.54, 1.807) is 11.1 Å². The maximum atomic E-state index is 5.54. The van der Waals surface area contributed by atoms with Gasteiger partial charge < -0.3 is 4.74 Å². The highest BCUT2D eigenvalue weighted by atomic mass is 16.5. The van der Waals surface area contributed by atoms with Crippen molar-refractivity contribution in [1.29, 1.82) is 0 Å². The van der Waals surface area contributed by atoms with Gasteiger partial charge in [-0.25, -0.2) is 0 Å². The Morgan fingerprint density at radius 3 is 2.00 bits per heavy atom. The molecule has 0 saturated carbocycles. The van der Waals surface area contributed by atoms with Crippen LogP contribution in [0.25, 0.3) is 0 Å².